The zero-order valence-electron chi connectivity index (χ0n) is 25.1. The topological polar surface area (TPSA) is 70.0 Å². The molecule has 0 aliphatic heterocycles. The van der Waals surface area contributed by atoms with Gasteiger partial charge in [0.25, 0.3) is 0 Å². The molecular weight excluding hydrogens is 668 g/mol. The number of fused-ring (bicyclic) bond motifs is 7. The minimum absolute atomic E-state index is 0. The van der Waals surface area contributed by atoms with Crippen LogP contribution in [0.4, 0.5) is 0 Å². The molecule has 9 aromatic rings. The Hall–Kier alpha value is -5.96. The van der Waals surface area contributed by atoms with E-state index < -0.39 is 0 Å². The number of benzene rings is 8. The van der Waals surface area contributed by atoms with E-state index in [2.05, 4.69) is 130 Å². The van der Waals surface area contributed by atoms with Crippen LogP contribution in [0.2, 0.25) is 0 Å². The summed E-state index contributed by atoms with van der Waals surface area (Å²) in [6.45, 7) is 0. The number of hydrogen-bond donors (Lipinski definition) is 1. The molecule has 1 aromatic heterocycles. The van der Waals surface area contributed by atoms with E-state index >= 15 is 0 Å². The lowest BCUT2D eigenvalue weighted by molar-refractivity contribution is 0.459. The number of nitriles is 1. The minimum Gasteiger partial charge on any atom is -0.507 e. The van der Waals surface area contributed by atoms with E-state index in [0.29, 0.717) is 5.56 Å². The van der Waals surface area contributed by atoms with Crippen molar-refractivity contribution in [2.45, 2.75) is 14.9 Å². The average Bonchev–Trinajstić information content (AvgIpc) is 3.56. The number of aromatic nitrogens is 1. The van der Waals surface area contributed by atoms with Crippen LogP contribution in [0.15, 0.2) is 167 Å². The van der Waals surface area contributed by atoms with Crippen LogP contribution >= 0.6 is 15.9 Å². The summed E-state index contributed by atoms with van der Waals surface area (Å²) in [5.41, 5.74) is 3.12. The fourth-order valence-corrected chi connectivity index (χ4v) is 6.19. The van der Waals surface area contributed by atoms with Crippen molar-refractivity contribution < 1.29 is 9.63 Å². The number of para-hydroxylation sites is 2. The Balaban J connectivity index is 0.000000156. The molecule has 240 valence electrons. The Morgan fingerprint density at radius 3 is 1.67 bits per heavy atom. The molecule has 49 heavy (non-hydrogen) atoms. The molecule has 1 heterocycles. The van der Waals surface area contributed by atoms with Crippen molar-refractivity contribution in [2.75, 3.05) is 0 Å². The summed E-state index contributed by atoms with van der Waals surface area (Å²) in [5.74, 6) is 0.0417. The van der Waals surface area contributed by atoms with Gasteiger partial charge in [0, 0.05) is 15.4 Å². The van der Waals surface area contributed by atoms with Gasteiger partial charge in [-0.3, -0.25) is 0 Å². The number of nitrogens with zero attached hydrogens (tertiary/aromatic N) is 2. The monoisotopic (exact) mass is 702 g/mol. The van der Waals surface area contributed by atoms with Gasteiger partial charge >= 0.3 is 0 Å². The lowest BCUT2D eigenvalue weighted by atomic mass is 9.98. The standard InChI is InChI=1S/C21H13NO.C14H9Br.C7H5NO.2CH4/c1-2-6-17-14(5-1)9-10-15-13-16(11-12-18(15)17)21-19-7-3-4-8-20(19)23-22-21;15-12-7-8-14-11(9-12)6-5-10-3-1-2-4-13(10)14;8-5-6-3-1-2-4-7(6)9;;/h1-13H;1-9H;1-4,9H;2*1H4. The molecular formula is C44H35BrN2O2. The third-order valence-corrected chi connectivity index (χ3v) is 8.62. The van der Waals surface area contributed by atoms with E-state index in [1.54, 1.807) is 18.2 Å². The van der Waals surface area contributed by atoms with E-state index in [1.807, 2.05) is 30.3 Å². The number of phenolic OH excluding ortho intramolecular Hbond substituents is 1. The summed E-state index contributed by atoms with van der Waals surface area (Å²) < 4.78 is 6.57. The normalized spacial score (nSPS) is 10.3. The third-order valence-electron chi connectivity index (χ3n) is 8.13. The molecule has 0 bridgehead atoms. The van der Waals surface area contributed by atoms with E-state index in [-0.39, 0.29) is 20.6 Å². The van der Waals surface area contributed by atoms with Gasteiger partial charge in [-0.1, -0.05) is 151 Å². The Labute approximate surface area is 294 Å². The van der Waals surface area contributed by atoms with Crippen LogP contribution in [0.1, 0.15) is 20.4 Å². The largest absolute Gasteiger partial charge is 0.507 e. The van der Waals surface area contributed by atoms with Crippen molar-refractivity contribution in [3.63, 3.8) is 0 Å². The highest BCUT2D eigenvalue weighted by Gasteiger charge is 2.11. The first kappa shape index (κ1) is 34.4. The molecule has 0 unspecified atom stereocenters. The Morgan fingerprint density at radius 1 is 0.531 bits per heavy atom. The number of hydrogen-bond acceptors (Lipinski definition) is 4. The minimum atomic E-state index is 0. The second-order valence-corrected chi connectivity index (χ2v) is 11.9. The molecule has 4 nitrogen and oxygen atoms in total. The molecule has 0 fully saturated rings. The SMILES string of the molecule is Brc1ccc2c(ccc3ccccc32)c1.C.C.N#Cc1ccccc1O.c1ccc2c(c1)ccc1cc(-c3noc4ccccc34)ccc12. The predicted octanol–water partition coefficient (Wildman–Crippen LogP) is 13.1. The Bertz CT molecular complexity index is 2580. The van der Waals surface area contributed by atoms with Crippen LogP contribution in [-0.4, -0.2) is 10.3 Å². The fraction of sp³-hybridized carbons (Fsp3) is 0.0455. The van der Waals surface area contributed by atoms with Crippen molar-refractivity contribution in [3.05, 3.63) is 168 Å². The number of rotatable bonds is 1. The first-order valence-corrected chi connectivity index (χ1v) is 15.9. The van der Waals surface area contributed by atoms with Crippen LogP contribution in [-0.2, 0) is 0 Å². The molecule has 0 aliphatic carbocycles. The third kappa shape index (κ3) is 7.16. The molecule has 0 aliphatic rings. The van der Waals surface area contributed by atoms with Crippen LogP contribution in [0, 0.1) is 11.3 Å². The summed E-state index contributed by atoms with van der Waals surface area (Å²) in [6, 6.07) is 54.8. The zero-order chi connectivity index (χ0) is 32.2. The van der Waals surface area contributed by atoms with Gasteiger partial charge in [0.1, 0.15) is 17.5 Å². The maximum atomic E-state index is 8.89. The van der Waals surface area contributed by atoms with Gasteiger partial charge < -0.3 is 9.63 Å². The van der Waals surface area contributed by atoms with E-state index in [1.165, 1.54) is 49.2 Å². The van der Waals surface area contributed by atoms with Gasteiger partial charge in [-0.25, -0.2) is 0 Å². The highest BCUT2D eigenvalue weighted by Crippen LogP contribution is 2.33. The fourth-order valence-electron chi connectivity index (χ4n) is 5.81. The van der Waals surface area contributed by atoms with Crippen molar-refractivity contribution in [1.82, 2.24) is 5.16 Å². The van der Waals surface area contributed by atoms with Gasteiger partial charge in [-0.2, -0.15) is 5.26 Å². The van der Waals surface area contributed by atoms with Crippen molar-refractivity contribution in [1.29, 1.82) is 5.26 Å². The number of aromatic hydroxyl groups is 1. The molecule has 0 saturated carbocycles. The van der Waals surface area contributed by atoms with Crippen molar-refractivity contribution >= 4 is 70.0 Å². The smallest absolute Gasteiger partial charge is 0.167 e. The summed E-state index contributed by atoms with van der Waals surface area (Å²) in [4.78, 5) is 0. The molecule has 0 spiro atoms. The second kappa shape index (κ2) is 15.3. The first-order chi connectivity index (χ1) is 23.1. The lowest BCUT2D eigenvalue weighted by Gasteiger charge is -2.05. The maximum absolute atomic E-state index is 8.89. The summed E-state index contributed by atoms with van der Waals surface area (Å²) in [7, 11) is 0. The second-order valence-electron chi connectivity index (χ2n) is 11.0. The quantitative estimate of drug-likeness (QED) is 0.173. The van der Waals surface area contributed by atoms with Gasteiger partial charge in [0.05, 0.1) is 5.56 Å². The van der Waals surface area contributed by atoms with Crippen molar-refractivity contribution in [2.24, 2.45) is 0 Å². The van der Waals surface area contributed by atoms with Crippen LogP contribution in [0.3, 0.4) is 0 Å². The zero-order valence-corrected chi connectivity index (χ0v) is 26.7. The van der Waals surface area contributed by atoms with Crippen LogP contribution in [0.5, 0.6) is 5.75 Å². The van der Waals surface area contributed by atoms with E-state index in [9.17, 15) is 0 Å². The van der Waals surface area contributed by atoms with E-state index in [4.69, 9.17) is 14.9 Å². The number of halogens is 1. The molecule has 0 atom stereocenters. The molecule has 9 rings (SSSR count). The molecule has 0 radical (unpaired) electrons. The van der Waals surface area contributed by atoms with Crippen LogP contribution in [0.25, 0.3) is 65.3 Å². The Morgan fingerprint density at radius 2 is 1.04 bits per heavy atom. The van der Waals surface area contributed by atoms with Gasteiger partial charge in [-0.15, -0.1) is 0 Å². The molecule has 0 saturated heterocycles. The first-order valence-electron chi connectivity index (χ1n) is 15.1. The summed E-state index contributed by atoms with van der Waals surface area (Å²) in [5, 5.41) is 32.7. The van der Waals surface area contributed by atoms with Gasteiger partial charge in [-0.05, 0) is 85.6 Å². The molecule has 5 heteroatoms. The van der Waals surface area contributed by atoms with Gasteiger partial charge in [0.15, 0.2) is 5.58 Å². The molecule has 0 amide bonds. The predicted molar refractivity (Wildman–Crippen MR) is 210 cm³/mol. The average molecular weight is 704 g/mol. The molecule has 8 aromatic carbocycles. The summed E-state index contributed by atoms with van der Waals surface area (Å²) in [6.07, 6.45) is 0. The summed E-state index contributed by atoms with van der Waals surface area (Å²) >= 11 is 3.50. The van der Waals surface area contributed by atoms with Crippen LogP contribution < -0.4 is 0 Å². The van der Waals surface area contributed by atoms with E-state index in [0.717, 1.165) is 26.7 Å². The highest BCUT2D eigenvalue weighted by atomic mass is 79.9. The maximum Gasteiger partial charge on any atom is 0.167 e. The Kier molecular flexibility index (Phi) is 10.7. The molecule has 1 N–H and O–H groups in total. The number of phenols is 1. The highest BCUT2D eigenvalue weighted by molar-refractivity contribution is 9.10. The lowest BCUT2D eigenvalue weighted by Crippen LogP contribution is -1.81. The van der Waals surface area contributed by atoms with Gasteiger partial charge in [0.2, 0.25) is 0 Å². The van der Waals surface area contributed by atoms with Crippen molar-refractivity contribution in [3.8, 4) is 23.1 Å².